The van der Waals surface area contributed by atoms with Gasteiger partial charge in [-0.3, -0.25) is 4.90 Å². The van der Waals surface area contributed by atoms with E-state index in [1.54, 1.807) is 12.4 Å². The van der Waals surface area contributed by atoms with Gasteiger partial charge in [-0.1, -0.05) is 0 Å². The first-order valence-electron chi connectivity index (χ1n) is 5.63. The Labute approximate surface area is 103 Å². The third-order valence-electron chi connectivity index (χ3n) is 2.97. The molecule has 0 fully saturated rings. The molecule has 3 heterocycles. The van der Waals surface area contributed by atoms with Gasteiger partial charge in [-0.25, -0.2) is 4.79 Å². The van der Waals surface area contributed by atoms with E-state index in [2.05, 4.69) is 15.1 Å². The molecule has 18 heavy (non-hydrogen) atoms. The van der Waals surface area contributed by atoms with Gasteiger partial charge in [-0.15, -0.1) is 10.2 Å². The predicted octanol–water partition coefficient (Wildman–Crippen LogP) is 0.585. The van der Waals surface area contributed by atoms with Crippen LogP contribution in [0.1, 0.15) is 22.1 Å². The second-order valence-corrected chi connectivity index (χ2v) is 4.22. The second-order valence-electron chi connectivity index (χ2n) is 4.22. The van der Waals surface area contributed by atoms with Crippen LogP contribution in [0.5, 0.6) is 0 Å². The third kappa shape index (κ3) is 2.00. The molecule has 0 radical (unpaired) electrons. The molecule has 2 aromatic rings. The predicted molar refractivity (Wildman–Crippen MR) is 59.8 cm³/mol. The zero-order chi connectivity index (χ0) is 12.5. The molecule has 0 aliphatic carbocycles. The summed E-state index contributed by atoms with van der Waals surface area (Å²) < 4.78 is 7.25. The van der Waals surface area contributed by atoms with Crippen LogP contribution < -0.4 is 0 Å². The monoisotopic (exact) mass is 248 g/mol. The summed E-state index contributed by atoms with van der Waals surface area (Å²) in [5, 5.41) is 16.7. The Hall–Kier alpha value is -2.15. The van der Waals surface area contributed by atoms with Gasteiger partial charge in [0.15, 0.2) is 0 Å². The summed E-state index contributed by atoms with van der Waals surface area (Å²) in [6, 6.07) is 3.17. The molecule has 3 rings (SSSR count). The van der Waals surface area contributed by atoms with Gasteiger partial charge in [0.1, 0.15) is 17.9 Å². The molecule has 94 valence electrons. The molecule has 0 aromatic carbocycles. The molecular formula is C11H12N4O3. The normalized spacial score (nSPS) is 15.6. The highest BCUT2D eigenvalue weighted by atomic mass is 16.4. The highest BCUT2D eigenvalue weighted by Gasteiger charge is 2.19. The summed E-state index contributed by atoms with van der Waals surface area (Å²) in [5.74, 6) is 0.511. The molecular weight excluding hydrogens is 236 g/mol. The average molecular weight is 248 g/mol. The van der Waals surface area contributed by atoms with Gasteiger partial charge in [-0.2, -0.15) is 0 Å². The molecule has 0 spiro atoms. The van der Waals surface area contributed by atoms with Crippen molar-refractivity contribution < 1.29 is 14.3 Å². The fraction of sp³-hybridized carbons (Fsp3) is 0.364. The number of carboxylic acids is 1. The number of carbonyl (C=O) groups is 1. The number of furan rings is 1. The van der Waals surface area contributed by atoms with E-state index < -0.39 is 5.97 Å². The maximum atomic E-state index is 10.7. The molecule has 1 N–H and O–H groups in total. The topological polar surface area (TPSA) is 84.4 Å². The molecule has 7 heteroatoms. The Kier molecular flexibility index (Phi) is 2.60. The number of carboxylic acid groups (broad SMARTS) is 1. The fourth-order valence-corrected chi connectivity index (χ4v) is 2.05. The second kappa shape index (κ2) is 4.26. The molecule has 7 nitrogen and oxygen atoms in total. The van der Waals surface area contributed by atoms with Crippen molar-refractivity contribution in [3.8, 4) is 0 Å². The lowest BCUT2D eigenvalue weighted by molar-refractivity contribution is 0.0657. The summed E-state index contributed by atoms with van der Waals surface area (Å²) in [4.78, 5) is 12.9. The van der Waals surface area contributed by atoms with Crippen molar-refractivity contribution >= 4 is 5.97 Å². The van der Waals surface area contributed by atoms with Crippen molar-refractivity contribution in [3.05, 3.63) is 35.8 Å². The number of aromatic nitrogens is 3. The van der Waals surface area contributed by atoms with Crippen molar-refractivity contribution in [2.75, 3.05) is 6.54 Å². The first-order valence-corrected chi connectivity index (χ1v) is 5.63. The van der Waals surface area contributed by atoms with Crippen LogP contribution in [-0.4, -0.2) is 37.3 Å². The van der Waals surface area contributed by atoms with Gasteiger partial charge in [0.2, 0.25) is 5.76 Å². The van der Waals surface area contributed by atoms with E-state index in [9.17, 15) is 4.79 Å². The zero-order valence-electron chi connectivity index (χ0n) is 9.61. The summed E-state index contributed by atoms with van der Waals surface area (Å²) in [5.41, 5.74) is 0. The molecule has 0 unspecified atom stereocenters. The van der Waals surface area contributed by atoms with E-state index in [0.29, 0.717) is 18.8 Å². The Morgan fingerprint density at radius 2 is 2.33 bits per heavy atom. The lowest BCUT2D eigenvalue weighted by Gasteiger charge is -2.25. The van der Waals surface area contributed by atoms with E-state index in [0.717, 1.165) is 18.9 Å². The van der Waals surface area contributed by atoms with Crippen LogP contribution in [-0.2, 0) is 19.6 Å². The largest absolute Gasteiger partial charge is 0.475 e. The summed E-state index contributed by atoms with van der Waals surface area (Å²) >= 11 is 0. The average Bonchev–Trinajstić information content (AvgIpc) is 2.96. The smallest absolute Gasteiger partial charge is 0.371 e. The molecule has 0 bridgehead atoms. The maximum Gasteiger partial charge on any atom is 0.371 e. The Morgan fingerprint density at radius 1 is 1.44 bits per heavy atom. The lowest BCUT2D eigenvalue weighted by atomic mass is 10.3. The minimum absolute atomic E-state index is 0.0230. The van der Waals surface area contributed by atoms with Gasteiger partial charge >= 0.3 is 5.97 Å². The standard InChI is InChI=1S/C11H12N4O3/c16-11(17)9-2-1-8(18-9)5-14-3-4-15-7-12-13-10(15)6-14/h1-2,7H,3-6H2,(H,16,17). The van der Waals surface area contributed by atoms with Crippen LogP contribution in [0.2, 0.25) is 0 Å². The molecule has 0 saturated heterocycles. The fourth-order valence-electron chi connectivity index (χ4n) is 2.05. The van der Waals surface area contributed by atoms with Crippen LogP contribution in [0.4, 0.5) is 0 Å². The van der Waals surface area contributed by atoms with Crippen molar-refractivity contribution in [1.82, 2.24) is 19.7 Å². The molecule has 2 aromatic heterocycles. The van der Waals surface area contributed by atoms with Gasteiger partial charge < -0.3 is 14.1 Å². The van der Waals surface area contributed by atoms with E-state index in [4.69, 9.17) is 9.52 Å². The quantitative estimate of drug-likeness (QED) is 0.855. The van der Waals surface area contributed by atoms with Crippen LogP contribution in [0.25, 0.3) is 0 Å². The van der Waals surface area contributed by atoms with Gasteiger partial charge in [0.05, 0.1) is 13.1 Å². The summed E-state index contributed by atoms with van der Waals surface area (Å²) in [6.07, 6.45) is 1.72. The summed E-state index contributed by atoms with van der Waals surface area (Å²) in [6.45, 7) is 2.99. The number of fused-ring (bicyclic) bond motifs is 1. The van der Waals surface area contributed by atoms with E-state index in [1.165, 1.54) is 6.07 Å². The van der Waals surface area contributed by atoms with Gasteiger partial charge in [-0.05, 0) is 12.1 Å². The third-order valence-corrected chi connectivity index (χ3v) is 2.97. The van der Waals surface area contributed by atoms with Crippen LogP contribution in [0.3, 0.4) is 0 Å². The van der Waals surface area contributed by atoms with Crippen LogP contribution >= 0.6 is 0 Å². The van der Waals surface area contributed by atoms with E-state index in [1.807, 2.05) is 4.57 Å². The highest BCUT2D eigenvalue weighted by Crippen LogP contribution is 2.15. The molecule has 1 aliphatic rings. The summed E-state index contributed by atoms with van der Waals surface area (Å²) in [7, 11) is 0. The number of hydrogen-bond donors (Lipinski definition) is 1. The van der Waals surface area contributed by atoms with E-state index in [-0.39, 0.29) is 5.76 Å². The molecule has 0 saturated carbocycles. The van der Waals surface area contributed by atoms with E-state index >= 15 is 0 Å². The number of nitrogens with zero attached hydrogens (tertiary/aromatic N) is 4. The minimum Gasteiger partial charge on any atom is -0.475 e. The molecule has 1 aliphatic heterocycles. The van der Waals surface area contributed by atoms with Gasteiger partial charge in [0.25, 0.3) is 0 Å². The SMILES string of the molecule is O=C(O)c1ccc(CN2CCn3cnnc3C2)o1. The highest BCUT2D eigenvalue weighted by molar-refractivity contribution is 5.84. The lowest BCUT2D eigenvalue weighted by Crippen LogP contribution is -2.33. The van der Waals surface area contributed by atoms with Crippen LogP contribution in [0, 0.1) is 0 Å². The zero-order valence-corrected chi connectivity index (χ0v) is 9.61. The minimum atomic E-state index is -1.04. The van der Waals surface area contributed by atoms with Crippen molar-refractivity contribution in [2.45, 2.75) is 19.6 Å². The van der Waals surface area contributed by atoms with Gasteiger partial charge in [0, 0.05) is 13.1 Å². The number of hydrogen-bond acceptors (Lipinski definition) is 5. The Balaban J connectivity index is 1.68. The van der Waals surface area contributed by atoms with Crippen LogP contribution in [0.15, 0.2) is 22.9 Å². The first kappa shape index (κ1) is 11.0. The Bertz CT molecular complexity index is 574. The number of rotatable bonds is 3. The maximum absolute atomic E-state index is 10.7. The first-order chi connectivity index (χ1) is 8.72. The van der Waals surface area contributed by atoms with Crippen molar-refractivity contribution in [1.29, 1.82) is 0 Å². The molecule has 0 amide bonds. The molecule has 0 atom stereocenters. The Morgan fingerprint density at radius 3 is 3.11 bits per heavy atom. The van der Waals surface area contributed by atoms with Crippen molar-refractivity contribution in [2.24, 2.45) is 0 Å². The van der Waals surface area contributed by atoms with Crippen molar-refractivity contribution in [3.63, 3.8) is 0 Å². The number of aromatic carboxylic acids is 1.